The molecule has 0 aromatic heterocycles. The van der Waals surface area contributed by atoms with Gasteiger partial charge in [0.05, 0.1) is 12.5 Å². The number of hydrogen-bond acceptors (Lipinski definition) is 3. The Kier molecular flexibility index (Phi) is 2.41. The van der Waals surface area contributed by atoms with Gasteiger partial charge in [-0.15, -0.1) is 0 Å². The maximum atomic E-state index is 11.6. The van der Waals surface area contributed by atoms with E-state index in [-0.39, 0.29) is 18.4 Å². The number of carbonyl (C=O) groups excluding carboxylic acids is 2. The molecule has 2 aliphatic heterocycles. The average molecular weight is 197 g/mol. The van der Waals surface area contributed by atoms with Crippen LogP contribution in [0.3, 0.4) is 0 Å². The van der Waals surface area contributed by atoms with Crippen LogP contribution in [0.15, 0.2) is 0 Å². The minimum absolute atomic E-state index is 0.0353. The number of primary amides is 1. The van der Waals surface area contributed by atoms with Gasteiger partial charge in [-0.3, -0.25) is 9.59 Å². The summed E-state index contributed by atoms with van der Waals surface area (Å²) in [6.45, 7) is -0.0489. The van der Waals surface area contributed by atoms with Crippen LogP contribution < -0.4 is 16.4 Å². The van der Waals surface area contributed by atoms with Gasteiger partial charge in [-0.05, 0) is 19.3 Å². The fraction of sp³-hybridized carbons (Fsp3) is 0.778. The van der Waals surface area contributed by atoms with E-state index in [9.17, 15) is 9.59 Å². The van der Waals surface area contributed by atoms with Crippen molar-refractivity contribution in [1.82, 2.24) is 10.6 Å². The first-order valence-electron chi connectivity index (χ1n) is 4.99. The second kappa shape index (κ2) is 3.57. The van der Waals surface area contributed by atoms with E-state index in [0.29, 0.717) is 12.1 Å². The molecule has 2 amide bonds. The van der Waals surface area contributed by atoms with Gasteiger partial charge in [-0.2, -0.15) is 0 Å². The lowest BCUT2D eigenvalue weighted by atomic mass is 9.88. The van der Waals surface area contributed by atoms with E-state index in [4.69, 9.17) is 5.73 Å². The Balaban J connectivity index is 1.84. The fourth-order valence-corrected chi connectivity index (χ4v) is 2.42. The van der Waals surface area contributed by atoms with E-state index >= 15 is 0 Å². The lowest BCUT2D eigenvalue weighted by molar-refractivity contribution is -0.128. The Morgan fingerprint density at radius 2 is 2.21 bits per heavy atom. The third-order valence-electron chi connectivity index (χ3n) is 3.07. The third kappa shape index (κ3) is 1.72. The lowest BCUT2D eigenvalue weighted by Gasteiger charge is -2.18. The molecule has 0 radical (unpaired) electrons. The first-order valence-corrected chi connectivity index (χ1v) is 4.99. The van der Waals surface area contributed by atoms with Gasteiger partial charge in [0.1, 0.15) is 0 Å². The number of fused-ring (bicyclic) bond motifs is 2. The fourth-order valence-electron chi connectivity index (χ4n) is 2.42. The minimum Gasteiger partial charge on any atom is -0.368 e. The molecule has 5 heteroatoms. The van der Waals surface area contributed by atoms with E-state index in [1.54, 1.807) is 0 Å². The molecule has 2 fully saturated rings. The molecule has 3 atom stereocenters. The van der Waals surface area contributed by atoms with Crippen LogP contribution in [0.25, 0.3) is 0 Å². The number of hydrogen-bond donors (Lipinski definition) is 3. The zero-order valence-corrected chi connectivity index (χ0v) is 7.95. The maximum absolute atomic E-state index is 11.6. The molecular weight excluding hydrogens is 182 g/mol. The molecule has 0 saturated carbocycles. The Hall–Kier alpha value is -1.10. The van der Waals surface area contributed by atoms with Crippen molar-refractivity contribution in [1.29, 1.82) is 0 Å². The normalized spacial score (nSPS) is 34.4. The summed E-state index contributed by atoms with van der Waals surface area (Å²) < 4.78 is 0. The zero-order valence-electron chi connectivity index (χ0n) is 7.95. The Morgan fingerprint density at radius 3 is 2.71 bits per heavy atom. The maximum Gasteiger partial charge on any atom is 0.236 e. The van der Waals surface area contributed by atoms with Gasteiger partial charge < -0.3 is 16.4 Å². The molecule has 0 spiro atoms. The van der Waals surface area contributed by atoms with Crippen LogP contribution in [-0.4, -0.2) is 30.4 Å². The van der Waals surface area contributed by atoms with Crippen molar-refractivity contribution in [2.45, 2.75) is 31.3 Å². The average Bonchev–Trinajstić information content (AvgIpc) is 2.74. The first-order chi connectivity index (χ1) is 6.66. The largest absolute Gasteiger partial charge is 0.368 e. The van der Waals surface area contributed by atoms with E-state index < -0.39 is 5.91 Å². The van der Waals surface area contributed by atoms with Crippen LogP contribution >= 0.6 is 0 Å². The molecular formula is C9H15N3O2. The van der Waals surface area contributed by atoms with E-state index in [1.165, 1.54) is 6.42 Å². The van der Waals surface area contributed by atoms with Crippen molar-refractivity contribution in [2.75, 3.05) is 6.54 Å². The molecule has 14 heavy (non-hydrogen) atoms. The predicted molar refractivity (Wildman–Crippen MR) is 50.3 cm³/mol. The quantitative estimate of drug-likeness (QED) is 0.527. The molecule has 2 saturated heterocycles. The van der Waals surface area contributed by atoms with Crippen LogP contribution in [0, 0.1) is 5.92 Å². The number of nitrogens with two attached hydrogens (primary N) is 1. The van der Waals surface area contributed by atoms with Gasteiger partial charge in [0.2, 0.25) is 11.8 Å². The van der Waals surface area contributed by atoms with E-state index in [0.717, 1.165) is 12.8 Å². The predicted octanol–water partition coefficient (Wildman–Crippen LogP) is -1.27. The molecule has 3 unspecified atom stereocenters. The van der Waals surface area contributed by atoms with Crippen LogP contribution in [-0.2, 0) is 9.59 Å². The number of carbonyl (C=O) groups is 2. The first kappa shape index (κ1) is 9.45. The smallest absolute Gasteiger partial charge is 0.236 e. The van der Waals surface area contributed by atoms with Crippen molar-refractivity contribution < 1.29 is 9.59 Å². The van der Waals surface area contributed by atoms with Crippen LogP contribution in [0.2, 0.25) is 0 Å². The molecule has 78 valence electrons. The van der Waals surface area contributed by atoms with Crippen LogP contribution in [0.1, 0.15) is 19.3 Å². The van der Waals surface area contributed by atoms with Crippen molar-refractivity contribution in [3.8, 4) is 0 Å². The summed E-state index contributed by atoms with van der Waals surface area (Å²) >= 11 is 0. The van der Waals surface area contributed by atoms with Gasteiger partial charge in [0.15, 0.2) is 0 Å². The summed E-state index contributed by atoms with van der Waals surface area (Å²) in [6, 6.07) is 0.817. The molecule has 2 heterocycles. The molecule has 5 nitrogen and oxygen atoms in total. The highest BCUT2D eigenvalue weighted by Gasteiger charge is 2.42. The van der Waals surface area contributed by atoms with Crippen molar-refractivity contribution in [3.63, 3.8) is 0 Å². The van der Waals surface area contributed by atoms with Gasteiger partial charge in [-0.1, -0.05) is 0 Å². The van der Waals surface area contributed by atoms with Crippen LogP contribution in [0.4, 0.5) is 0 Å². The Labute approximate surface area is 82.4 Å². The molecule has 4 N–H and O–H groups in total. The molecule has 2 aliphatic rings. The Morgan fingerprint density at radius 1 is 1.43 bits per heavy atom. The van der Waals surface area contributed by atoms with Crippen molar-refractivity contribution >= 4 is 11.8 Å². The SMILES string of the molecule is NC(=O)CNC(=O)C1CC2CCC1N2. The number of rotatable bonds is 3. The topological polar surface area (TPSA) is 84.2 Å². The standard InChI is InChI=1S/C9H15N3O2/c10-8(13)4-11-9(14)6-3-5-1-2-7(6)12-5/h5-7,12H,1-4H2,(H2,10,13)(H,11,14). The number of amides is 2. The Bertz CT molecular complexity index is 267. The van der Waals surface area contributed by atoms with Crippen molar-refractivity contribution in [3.05, 3.63) is 0 Å². The summed E-state index contributed by atoms with van der Waals surface area (Å²) in [4.78, 5) is 22.1. The minimum atomic E-state index is -0.491. The second-order valence-corrected chi connectivity index (χ2v) is 4.07. The molecule has 0 aromatic carbocycles. The van der Waals surface area contributed by atoms with Gasteiger partial charge in [0, 0.05) is 12.1 Å². The zero-order chi connectivity index (χ0) is 10.1. The van der Waals surface area contributed by atoms with Crippen LogP contribution in [0.5, 0.6) is 0 Å². The van der Waals surface area contributed by atoms with Gasteiger partial charge >= 0.3 is 0 Å². The van der Waals surface area contributed by atoms with Gasteiger partial charge in [0.25, 0.3) is 0 Å². The summed E-state index contributed by atoms with van der Waals surface area (Å²) in [7, 11) is 0. The number of nitrogens with one attached hydrogen (secondary N) is 2. The summed E-state index contributed by atoms with van der Waals surface area (Å²) in [5.41, 5.74) is 4.95. The van der Waals surface area contributed by atoms with Gasteiger partial charge in [-0.25, -0.2) is 0 Å². The second-order valence-electron chi connectivity index (χ2n) is 4.07. The van der Waals surface area contributed by atoms with E-state index in [2.05, 4.69) is 10.6 Å². The highest BCUT2D eigenvalue weighted by atomic mass is 16.2. The lowest BCUT2D eigenvalue weighted by Crippen LogP contribution is -2.41. The molecule has 0 aromatic rings. The highest BCUT2D eigenvalue weighted by molar-refractivity contribution is 5.85. The molecule has 2 bridgehead atoms. The summed E-state index contributed by atoms with van der Waals surface area (Å²) in [5, 5.41) is 5.92. The summed E-state index contributed by atoms with van der Waals surface area (Å²) in [6.07, 6.45) is 3.14. The third-order valence-corrected chi connectivity index (χ3v) is 3.07. The summed E-state index contributed by atoms with van der Waals surface area (Å²) in [5.74, 6) is -0.494. The molecule has 0 aliphatic carbocycles. The monoisotopic (exact) mass is 197 g/mol. The molecule has 2 rings (SSSR count). The highest BCUT2D eigenvalue weighted by Crippen LogP contribution is 2.33. The van der Waals surface area contributed by atoms with Crippen molar-refractivity contribution in [2.24, 2.45) is 11.7 Å². The van der Waals surface area contributed by atoms with E-state index in [1.807, 2.05) is 0 Å².